The van der Waals surface area contributed by atoms with Crippen LogP contribution in [0.1, 0.15) is 5.69 Å². The third-order valence-electron chi connectivity index (χ3n) is 2.06. The number of aromatic nitrogens is 3. The van der Waals surface area contributed by atoms with E-state index in [9.17, 15) is 8.42 Å². The first kappa shape index (κ1) is 11.9. The molecule has 2 aromatic heterocycles. The first-order valence-electron chi connectivity index (χ1n) is 4.64. The summed E-state index contributed by atoms with van der Waals surface area (Å²) in [6, 6.07) is 3.16. The van der Waals surface area contributed by atoms with E-state index in [0.29, 0.717) is 5.69 Å². The number of anilines is 1. The molecule has 0 bridgehead atoms. The van der Waals surface area contributed by atoms with Gasteiger partial charge in [0.15, 0.2) is 5.82 Å². The van der Waals surface area contributed by atoms with Gasteiger partial charge in [0, 0.05) is 6.20 Å². The molecule has 0 spiro atoms. The van der Waals surface area contributed by atoms with Crippen LogP contribution in [0.4, 0.5) is 5.82 Å². The lowest BCUT2D eigenvalue weighted by Crippen LogP contribution is -2.14. The molecule has 0 aliphatic carbocycles. The molecule has 17 heavy (non-hydrogen) atoms. The third kappa shape index (κ3) is 2.40. The Bertz CT molecular complexity index is 638. The molecule has 2 rings (SSSR count). The Balaban J connectivity index is 2.37. The molecule has 8 heteroatoms. The molecule has 0 saturated carbocycles. The number of aromatic amines is 1. The molecule has 0 radical (unpaired) electrons. The minimum atomic E-state index is -3.71. The predicted molar refractivity (Wildman–Crippen MR) is 63.4 cm³/mol. The van der Waals surface area contributed by atoms with Gasteiger partial charge in [0.1, 0.15) is 4.90 Å². The molecule has 2 heterocycles. The van der Waals surface area contributed by atoms with Crippen LogP contribution in [0, 0.1) is 6.92 Å². The van der Waals surface area contributed by atoms with E-state index >= 15 is 0 Å². The molecule has 0 saturated heterocycles. The van der Waals surface area contributed by atoms with Gasteiger partial charge in [0.2, 0.25) is 0 Å². The zero-order valence-electron chi connectivity index (χ0n) is 8.81. The Morgan fingerprint density at radius 1 is 1.47 bits per heavy atom. The van der Waals surface area contributed by atoms with Gasteiger partial charge in [-0.2, -0.15) is 5.10 Å². The highest BCUT2D eigenvalue weighted by Crippen LogP contribution is 2.22. The molecule has 0 aliphatic heterocycles. The second-order valence-corrected chi connectivity index (χ2v) is 5.36. The summed E-state index contributed by atoms with van der Waals surface area (Å²) in [6.45, 7) is 1.61. The Labute approximate surface area is 103 Å². The average molecular weight is 273 g/mol. The number of hydrogen-bond acceptors (Lipinski definition) is 4. The lowest BCUT2D eigenvalue weighted by atomic mass is 10.5. The Morgan fingerprint density at radius 3 is 2.82 bits per heavy atom. The summed E-state index contributed by atoms with van der Waals surface area (Å²) in [5.41, 5.74) is 0.449. The van der Waals surface area contributed by atoms with Crippen molar-refractivity contribution in [1.29, 1.82) is 0 Å². The van der Waals surface area contributed by atoms with Gasteiger partial charge in [-0.15, -0.1) is 0 Å². The fourth-order valence-electron chi connectivity index (χ4n) is 1.25. The van der Waals surface area contributed by atoms with E-state index in [0.717, 1.165) is 0 Å². The molecule has 0 aromatic carbocycles. The van der Waals surface area contributed by atoms with Crippen LogP contribution in [-0.2, 0) is 10.0 Å². The summed E-state index contributed by atoms with van der Waals surface area (Å²) in [4.78, 5) is 3.92. The number of rotatable bonds is 3. The van der Waals surface area contributed by atoms with Gasteiger partial charge in [-0.25, -0.2) is 13.4 Å². The predicted octanol–water partition coefficient (Wildman–Crippen LogP) is 1.57. The first-order valence-corrected chi connectivity index (χ1v) is 6.50. The van der Waals surface area contributed by atoms with Gasteiger partial charge in [-0.05, 0) is 19.1 Å². The monoisotopic (exact) mass is 272 g/mol. The van der Waals surface area contributed by atoms with Crippen LogP contribution in [0.15, 0.2) is 29.4 Å². The zero-order chi connectivity index (χ0) is 12.5. The largest absolute Gasteiger partial charge is 0.281 e. The van der Waals surface area contributed by atoms with E-state index in [-0.39, 0.29) is 15.7 Å². The highest BCUT2D eigenvalue weighted by molar-refractivity contribution is 7.92. The molecule has 90 valence electrons. The fraction of sp³-hybridized carbons (Fsp3) is 0.111. The average Bonchev–Trinajstić information content (AvgIpc) is 2.68. The smallest absolute Gasteiger partial charge is 0.266 e. The van der Waals surface area contributed by atoms with Crippen molar-refractivity contribution in [2.75, 3.05) is 4.72 Å². The Kier molecular flexibility index (Phi) is 3.03. The summed E-state index contributed by atoms with van der Waals surface area (Å²) in [5, 5.41) is 6.44. The molecule has 0 aliphatic rings. The standard InChI is InChI=1S/C9H9ClN4O2S/c1-6-8(5-12-13-6)17(15,16)14-9-7(10)3-2-4-11-9/h2-5H,1H3,(H,11,14)(H,12,13). The van der Waals surface area contributed by atoms with Gasteiger partial charge < -0.3 is 0 Å². The van der Waals surface area contributed by atoms with Crippen LogP contribution in [0.2, 0.25) is 5.02 Å². The normalized spacial score (nSPS) is 11.4. The van der Waals surface area contributed by atoms with Crippen LogP contribution in [0.25, 0.3) is 0 Å². The second-order valence-electron chi connectivity index (χ2n) is 3.30. The minimum absolute atomic E-state index is 0.0687. The van der Waals surface area contributed by atoms with Crippen molar-refractivity contribution in [2.24, 2.45) is 0 Å². The number of nitrogens with zero attached hydrogens (tertiary/aromatic N) is 2. The molecule has 0 unspecified atom stereocenters. The molecule has 0 amide bonds. The van der Waals surface area contributed by atoms with Crippen LogP contribution in [-0.4, -0.2) is 23.6 Å². The molecule has 6 nitrogen and oxygen atoms in total. The molecule has 2 aromatic rings. The maximum Gasteiger partial charge on any atom is 0.266 e. The quantitative estimate of drug-likeness (QED) is 0.888. The maximum absolute atomic E-state index is 12.0. The maximum atomic E-state index is 12.0. The zero-order valence-corrected chi connectivity index (χ0v) is 10.4. The highest BCUT2D eigenvalue weighted by Gasteiger charge is 2.20. The van der Waals surface area contributed by atoms with E-state index in [1.54, 1.807) is 19.1 Å². The minimum Gasteiger partial charge on any atom is -0.281 e. The second kappa shape index (κ2) is 4.34. The van der Waals surface area contributed by atoms with Crippen molar-refractivity contribution in [3.8, 4) is 0 Å². The van der Waals surface area contributed by atoms with Crippen molar-refractivity contribution < 1.29 is 8.42 Å². The van der Waals surface area contributed by atoms with Crippen molar-refractivity contribution >= 4 is 27.4 Å². The van der Waals surface area contributed by atoms with Gasteiger partial charge in [0.05, 0.1) is 16.9 Å². The highest BCUT2D eigenvalue weighted by atomic mass is 35.5. The van der Waals surface area contributed by atoms with Gasteiger partial charge in [0.25, 0.3) is 10.0 Å². The first-order chi connectivity index (χ1) is 8.00. The van der Waals surface area contributed by atoms with Crippen LogP contribution in [0.3, 0.4) is 0 Å². The Hall–Kier alpha value is -1.60. The third-order valence-corrected chi connectivity index (χ3v) is 3.82. The van der Waals surface area contributed by atoms with E-state index in [4.69, 9.17) is 11.6 Å². The summed E-state index contributed by atoms with van der Waals surface area (Å²) in [6.07, 6.45) is 2.68. The van der Waals surface area contributed by atoms with Gasteiger partial charge in [-0.1, -0.05) is 11.6 Å². The number of pyridine rings is 1. The summed E-state index contributed by atoms with van der Waals surface area (Å²) < 4.78 is 26.2. The van der Waals surface area contributed by atoms with Crippen molar-refractivity contribution in [3.63, 3.8) is 0 Å². The van der Waals surface area contributed by atoms with E-state index in [1.165, 1.54) is 12.4 Å². The topological polar surface area (TPSA) is 87.7 Å². The number of H-pyrrole nitrogens is 1. The number of halogens is 1. The van der Waals surface area contributed by atoms with Gasteiger partial charge in [-0.3, -0.25) is 9.82 Å². The SMILES string of the molecule is Cc1[nH]ncc1S(=O)(=O)Nc1ncccc1Cl. The van der Waals surface area contributed by atoms with Crippen molar-refractivity contribution in [3.05, 3.63) is 35.2 Å². The summed E-state index contributed by atoms with van der Waals surface area (Å²) in [5.74, 6) is 0.0924. The van der Waals surface area contributed by atoms with Crippen molar-refractivity contribution in [2.45, 2.75) is 11.8 Å². The van der Waals surface area contributed by atoms with E-state index < -0.39 is 10.0 Å². The lowest BCUT2D eigenvalue weighted by molar-refractivity contribution is 0.600. The van der Waals surface area contributed by atoms with E-state index in [2.05, 4.69) is 19.9 Å². The fourth-order valence-corrected chi connectivity index (χ4v) is 2.65. The number of nitrogens with one attached hydrogen (secondary N) is 2. The lowest BCUT2D eigenvalue weighted by Gasteiger charge is -2.07. The van der Waals surface area contributed by atoms with E-state index in [1.807, 2.05) is 0 Å². The van der Waals surface area contributed by atoms with Gasteiger partial charge >= 0.3 is 0 Å². The summed E-state index contributed by atoms with van der Waals surface area (Å²) >= 11 is 5.82. The molecule has 2 N–H and O–H groups in total. The number of sulfonamides is 1. The van der Waals surface area contributed by atoms with Crippen LogP contribution in [0.5, 0.6) is 0 Å². The Morgan fingerprint density at radius 2 is 2.24 bits per heavy atom. The number of aryl methyl sites for hydroxylation is 1. The number of hydrogen-bond donors (Lipinski definition) is 2. The summed E-state index contributed by atoms with van der Waals surface area (Å²) in [7, 11) is -3.71. The molecule has 0 fully saturated rings. The van der Waals surface area contributed by atoms with Crippen molar-refractivity contribution in [1.82, 2.24) is 15.2 Å². The van der Waals surface area contributed by atoms with Crippen LogP contribution < -0.4 is 4.72 Å². The molecular formula is C9H9ClN4O2S. The van der Waals surface area contributed by atoms with Crippen LogP contribution >= 0.6 is 11.6 Å². The molecule has 0 atom stereocenters. The molecular weight excluding hydrogens is 264 g/mol.